The lowest BCUT2D eigenvalue weighted by atomic mass is 9.98. The maximum Gasteiger partial charge on any atom is 0.243 e. The van der Waals surface area contributed by atoms with Gasteiger partial charge in [0.05, 0.1) is 10.8 Å². The minimum Gasteiger partial charge on any atom is -0.349 e. The molecule has 1 atom stereocenters. The molecule has 5 nitrogen and oxygen atoms in total. The summed E-state index contributed by atoms with van der Waals surface area (Å²) in [6, 6.07) is 8.38. The standard InChI is InChI=1S/C14H20N2O3S/c1-15(2)14(17)12-7-6-10-16(11-12)20(18,19)13-8-4-3-5-9-13/h3-5,8-9,12H,6-7,10-11H2,1-2H3. The van der Waals surface area contributed by atoms with Crippen molar-refractivity contribution in [3.8, 4) is 0 Å². The lowest BCUT2D eigenvalue weighted by Gasteiger charge is -2.32. The highest BCUT2D eigenvalue weighted by atomic mass is 32.2. The molecule has 1 saturated heterocycles. The molecule has 6 heteroatoms. The van der Waals surface area contributed by atoms with Gasteiger partial charge in [0.25, 0.3) is 0 Å². The largest absolute Gasteiger partial charge is 0.349 e. The lowest BCUT2D eigenvalue weighted by molar-refractivity contribution is -0.134. The van der Waals surface area contributed by atoms with Crippen molar-refractivity contribution in [3.05, 3.63) is 30.3 Å². The summed E-state index contributed by atoms with van der Waals surface area (Å²) in [5, 5.41) is 0. The topological polar surface area (TPSA) is 57.7 Å². The molecule has 1 unspecified atom stereocenters. The molecule has 1 aliphatic heterocycles. The van der Waals surface area contributed by atoms with Crippen LogP contribution in [0.5, 0.6) is 0 Å². The molecule has 1 amide bonds. The third kappa shape index (κ3) is 3.02. The molecule has 1 fully saturated rings. The van der Waals surface area contributed by atoms with Crippen molar-refractivity contribution in [3.63, 3.8) is 0 Å². The van der Waals surface area contributed by atoms with E-state index in [9.17, 15) is 13.2 Å². The second kappa shape index (κ2) is 5.93. The highest BCUT2D eigenvalue weighted by Crippen LogP contribution is 2.24. The zero-order chi connectivity index (χ0) is 14.8. The summed E-state index contributed by atoms with van der Waals surface area (Å²) in [6.45, 7) is 0.753. The second-order valence-electron chi connectivity index (χ2n) is 5.25. The molecule has 0 N–H and O–H groups in total. The summed E-state index contributed by atoms with van der Waals surface area (Å²) < 4.78 is 26.5. The number of benzene rings is 1. The van der Waals surface area contributed by atoms with Crippen molar-refractivity contribution in [1.82, 2.24) is 9.21 Å². The summed E-state index contributed by atoms with van der Waals surface area (Å²) in [4.78, 5) is 13.8. The number of sulfonamides is 1. The zero-order valence-electron chi connectivity index (χ0n) is 11.8. The molecule has 1 heterocycles. The van der Waals surface area contributed by atoms with Gasteiger partial charge in [0.15, 0.2) is 0 Å². The Hall–Kier alpha value is -1.40. The van der Waals surface area contributed by atoms with Gasteiger partial charge in [0, 0.05) is 27.2 Å². The number of amides is 1. The number of nitrogens with zero attached hydrogens (tertiary/aromatic N) is 2. The van der Waals surface area contributed by atoms with Crippen LogP contribution in [0.25, 0.3) is 0 Å². The first-order valence-electron chi connectivity index (χ1n) is 6.69. The highest BCUT2D eigenvalue weighted by molar-refractivity contribution is 7.89. The molecule has 1 aromatic carbocycles. The third-order valence-corrected chi connectivity index (χ3v) is 5.43. The van der Waals surface area contributed by atoms with Crippen LogP contribution in [0.2, 0.25) is 0 Å². The first-order chi connectivity index (χ1) is 9.43. The number of carbonyl (C=O) groups excluding carboxylic acids is 1. The van der Waals surface area contributed by atoms with E-state index in [-0.39, 0.29) is 23.3 Å². The van der Waals surface area contributed by atoms with Crippen LogP contribution >= 0.6 is 0 Å². The summed E-state index contributed by atoms with van der Waals surface area (Å²) in [7, 11) is -0.0889. The van der Waals surface area contributed by atoms with E-state index in [0.717, 1.165) is 12.8 Å². The second-order valence-corrected chi connectivity index (χ2v) is 7.19. The molecule has 20 heavy (non-hydrogen) atoms. The molecular weight excluding hydrogens is 276 g/mol. The maximum absolute atomic E-state index is 12.5. The monoisotopic (exact) mass is 296 g/mol. The van der Waals surface area contributed by atoms with Crippen molar-refractivity contribution in [1.29, 1.82) is 0 Å². The Labute approximate surface area is 120 Å². The van der Waals surface area contributed by atoms with Gasteiger partial charge in [-0.15, -0.1) is 0 Å². The molecule has 0 bridgehead atoms. The molecule has 0 saturated carbocycles. The predicted octanol–water partition coefficient (Wildman–Crippen LogP) is 1.18. The number of hydrogen-bond acceptors (Lipinski definition) is 3. The minimum absolute atomic E-state index is 0.00189. The van der Waals surface area contributed by atoms with E-state index >= 15 is 0 Å². The number of rotatable bonds is 3. The van der Waals surface area contributed by atoms with Crippen molar-refractivity contribution >= 4 is 15.9 Å². The van der Waals surface area contributed by atoms with Crippen LogP contribution in [0.4, 0.5) is 0 Å². The molecular formula is C14H20N2O3S. The van der Waals surface area contributed by atoms with Gasteiger partial charge in [0.1, 0.15) is 0 Å². The van der Waals surface area contributed by atoms with E-state index in [0.29, 0.717) is 6.54 Å². The molecule has 1 aromatic rings. The van der Waals surface area contributed by atoms with Gasteiger partial charge in [-0.25, -0.2) is 8.42 Å². The van der Waals surface area contributed by atoms with Crippen LogP contribution in [0, 0.1) is 5.92 Å². The van der Waals surface area contributed by atoms with Gasteiger partial charge >= 0.3 is 0 Å². The highest BCUT2D eigenvalue weighted by Gasteiger charge is 2.33. The van der Waals surface area contributed by atoms with E-state index in [4.69, 9.17) is 0 Å². The average molecular weight is 296 g/mol. The lowest BCUT2D eigenvalue weighted by Crippen LogP contribution is -2.45. The fraction of sp³-hybridized carbons (Fsp3) is 0.500. The first-order valence-corrected chi connectivity index (χ1v) is 8.13. The van der Waals surface area contributed by atoms with E-state index in [2.05, 4.69) is 0 Å². The third-order valence-electron chi connectivity index (χ3n) is 3.56. The summed E-state index contributed by atoms with van der Waals surface area (Å²) in [5.74, 6) is -0.241. The van der Waals surface area contributed by atoms with E-state index in [1.54, 1.807) is 44.4 Å². The van der Waals surface area contributed by atoms with Crippen LogP contribution in [0.15, 0.2) is 35.2 Å². The van der Waals surface area contributed by atoms with E-state index in [1.165, 1.54) is 9.21 Å². The van der Waals surface area contributed by atoms with Gasteiger partial charge in [-0.1, -0.05) is 18.2 Å². The Morgan fingerprint density at radius 2 is 1.90 bits per heavy atom. The van der Waals surface area contributed by atoms with Crippen molar-refractivity contribution in [2.45, 2.75) is 17.7 Å². The van der Waals surface area contributed by atoms with Crippen LogP contribution in [0.3, 0.4) is 0 Å². The first kappa shape index (κ1) is 15.0. The molecule has 110 valence electrons. The molecule has 0 spiro atoms. The number of carbonyl (C=O) groups is 1. The Morgan fingerprint density at radius 1 is 1.25 bits per heavy atom. The summed E-state index contributed by atoms with van der Waals surface area (Å²) in [5.41, 5.74) is 0. The van der Waals surface area contributed by atoms with Crippen LogP contribution < -0.4 is 0 Å². The molecule has 1 aliphatic rings. The van der Waals surface area contributed by atoms with Crippen molar-refractivity contribution < 1.29 is 13.2 Å². The molecule has 0 radical (unpaired) electrons. The Bertz CT molecular complexity index is 569. The van der Waals surface area contributed by atoms with Gasteiger partial charge in [-0.2, -0.15) is 4.31 Å². The summed E-state index contributed by atoms with van der Waals surface area (Å²) in [6.07, 6.45) is 1.47. The Balaban J connectivity index is 2.19. The Morgan fingerprint density at radius 3 is 2.50 bits per heavy atom. The van der Waals surface area contributed by atoms with Crippen LogP contribution in [-0.2, 0) is 14.8 Å². The van der Waals surface area contributed by atoms with Gasteiger partial charge in [0.2, 0.25) is 15.9 Å². The van der Waals surface area contributed by atoms with E-state index < -0.39 is 10.0 Å². The van der Waals surface area contributed by atoms with Gasteiger partial charge < -0.3 is 4.90 Å². The summed E-state index contributed by atoms with van der Waals surface area (Å²) >= 11 is 0. The fourth-order valence-corrected chi connectivity index (χ4v) is 4.01. The zero-order valence-corrected chi connectivity index (χ0v) is 12.6. The SMILES string of the molecule is CN(C)C(=O)C1CCCN(S(=O)(=O)c2ccccc2)C1. The fourth-order valence-electron chi connectivity index (χ4n) is 2.47. The predicted molar refractivity (Wildman–Crippen MR) is 76.6 cm³/mol. The Kier molecular flexibility index (Phi) is 4.45. The molecule has 0 aliphatic carbocycles. The smallest absolute Gasteiger partial charge is 0.243 e. The van der Waals surface area contributed by atoms with Crippen molar-refractivity contribution in [2.24, 2.45) is 5.92 Å². The molecule has 0 aromatic heterocycles. The maximum atomic E-state index is 12.5. The van der Waals surface area contributed by atoms with E-state index in [1.807, 2.05) is 0 Å². The molecule has 2 rings (SSSR count). The minimum atomic E-state index is -3.49. The van der Waals surface area contributed by atoms with Crippen LogP contribution in [-0.4, -0.2) is 50.7 Å². The van der Waals surface area contributed by atoms with Crippen LogP contribution in [0.1, 0.15) is 12.8 Å². The van der Waals surface area contributed by atoms with Gasteiger partial charge in [-0.05, 0) is 25.0 Å². The number of hydrogen-bond donors (Lipinski definition) is 0. The average Bonchev–Trinajstić information content (AvgIpc) is 2.47. The number of piperidine rings is 1. The normalized spacial score (nSPS) is 20.6. The van der Waals surface area contributed by atoms with Crippen molar-refractivity contribution in [2.75, 3.05) is 27.2 Å². The quantitative estimate of drug-likeness (QED) is 0.841. The van der Waals surface area contributed by atoms with Gasteiger partial charge in [-0.3, -0.25) is 4.79 Å².